The Morgan fingerprint density at radius 1 is 1.14 bits per heavy atom. The molecule has 4 nitrogen and oxygen atoms in total. The molecule has 0 aliphatic heterocycles. The highest BCUT2D eigenvalue weighted by molar-refractivity contribution is 5.93. The molecule has 0 bridgehead atoms. The van der Waals surface area contributed by atoms with Crippen molar-refractivity contribution in [1.82, 2.24) is 5.32 Å². The lowest BCUT2D eigenvalue weighted by Gasteiger charge is -2.21. The molecule has 1 aliphatic rings. The maximum atomic E-state index is 11.1. The van der Waals surface area contributed by atoms with Crippen molar-refractivity contribution >= 4 is 11.9 Å². The van der Waals surface area contributed by atoms with Gasteiger partial charge in [-0.05, 0) is 18.9 Å². The van der Waals surface area contributed by atoms with Gasteiger partial charge in [-0.15, -0.1) is 0 Å². The smallest absolute Gasteiger partial charge is 0.244 e. The van der Waals surface area contributed by atoms with Crippen molar-refractivity contribution in [2.75, 3.05) is 0 Å². The third-order valence-corrected chi connectivity index (χ3v) is 2.32. The molecule has 1 fully saturated rings. The van der Waals surface area contributed by atoms with Crippen LogP contribution in [0.25, 0.3) is 0 Å². The molecule has 1 N–H and O–H groups in total. The Kier molecular flexibility index (Phi) is 4.16. The molecule has 78 valence electrons. The Bertz CT molecular complexity index is 242. The summed E-state index contributed by atoms with van der Waals surface area (Å²) in [5.74, 6) is -1.69. The Hall–Kier alpha value is -1.32. The van der Waals surface area contributed by atoms with Gasteiger partial charge in [-0.1, -0.05) is 19.3 Å². The maximum absolute atomic E-state index is 11.1. The molecule has 0 aromatic heterocycles. The van der Waals surface area contributed by atoms with Crippen LogP contribution in [0.4, 0.5) is 0 Å². The number of carboxylic acids is 1. The van der Waals surface area contributed by atoms with Crippen molar-refractivity contribution in [2.24, 2.45) is 0 Å². The van der Waals surface area contributed by atoms with Crippen molar-refractivity contribution in [1.29, 1.82) is 0 Å². The summed E-state index contributed by atoms with van der Waals surface area (Å²) in [6, 6.07) is 0.211. The summed E-state index contributed by atoms with van der Waals surface area (Å²) in [5, 5.41) is 12.8. The first kappa shape index (κ1) is 10.8. The van der Waals surface area contributed by atoms with E-state index in [0.717, 1.165) is 37.8 Å². The molecular formula is C10H14NO3-. The van der Waals surface area contributed by atoms with Gasteiger partial charge in [-0.2, -0.15) is 0 Å². The Labute approximate surface area is 83.0 Å². The fraction of sp³-hybridized carbons (Fsp3) is 0.600. The molecule has 4 heteroatoms. The van der Waals surface area contributed by atoms with Crippen molar-refractivity contribution in [2.45, 2.75) is 38.1 Å². The summed E-state index contributed by atoms with van der Waals surface area (Å²) >= 11 is 0. The van der Waals surface area contributed by atoms with Crippen LogP contribution in [0, 0.1) is 0 Å². The van der Waals surface area contributed by atoms with Crippen molar-refractivity contribution in [3.63, 3.8) is 0 Å². The second kappa shape index (κ2) is 5.42. The van der Waals surface area contributed by atoms with E-state index in [1.54, 1.807) is 0 Å². The van der Waals surface area contributed by atoms with Crippen LogP contribution in [-0.4, -0.2) is 17.9 Å². The molecule has 0 spiro atoms. The molecule has 0 unspecified atom stereocenters. The molecule has 0 aromatic carbocycles. The monoisotopic (exact) mass is 196 g/mol. The van der Waals surface area contributed by atoms with E-state index in [4.69, 9.17) is 0 Å². The number of carboxylic acid groups (broad SMARTS) is 1. The second-order valence-corrected chi connectivity index (χ2v) is 3.50. The summed E-state index contributed by atoms with van der Waals surface area (Å²) < 4.78 is 0. The molecular weight excluding hydrogens is 182 g/mol. The molecule has 1 amide bonds. The van der Waals surface area contributed by atoms with Gasteiger partial charge in [0, 0.05) is 12.1 Å². The Balaban J connectivity index is 2.28. The highest BCUT2D eigenvalue weighted by atomic mass is 16.4. The van der Waals surface area contributed by atoms with Gasteiger partial charge in [0.2, 0.25) is 5.91 Å². The highest BCUT2D eigenvalue weighted by Gasteiger charge is 2.13. The molecule has 0 atom stereocenters. The summed E-state index contributed by atoms with van der Waals surface area (Å²) in [5.41, 5.74) is 0. The van der Waals surface area contributed by atoms with Gasteiger partial charge in [0.15, 0.2) is 0 Å². The minimum atomic E-state index is -1.34. The minimum absolute atomic E-state index is 0.211. The van der Waals surface area contributed by atoms with Crippen molar-refractivity contribution in [3.05, 3.63) is 12.2 Å². The number of carbonyl (C=O) groups is 2. The lowest BCUT2D eigenvalue weighted by Crippen LogP contribution is -2.35. The first-order chi connectivity index (χ1) is 6.68. The number of rotatable bonds is 3. The Morgan fingerprint density at radius 2 is 1.79 bits per heavy atom. The number of nitrogens with one attached hydrogen (secondary N) is 1. The maximum Gasteiger partial charge on any atom is 0.244 e. The first-order valence-electron chi connectivity index (χ1n) is 4.88. The number of hydrogen-bond acceptors (Lipinski definition) is 3. The van der Waals surface area contributed by atoms with E-state index in [0.29, 0.717) is 0 Å². The van der Waals surface area contributed by atoms with Gasteiger partial charge >= 0.3 is 0 Å². The fourth-order valence-corrected chi connectivity index (χ4v) is 1.64. The first-order valence-corrected chi connectivity index (χ1v) is 4.88. The quantitative estimate of drug-likeness (QED) is 0.632. The van der Waals surface area contributed by atoms with E-state index < -0.39 is 5.97 Å². The zero-order chi connectivity index (χ0) is 10.4. The summed E-state index contributed by atoms with van der Waals surface area (Å²) in [6.07, 6.45) is 7.23. The summed E-state index contributed by atoms with van der Waals surface area (Å²) in [7, 11) is 0. The molecule has 1 saturated carbocycles. The van der Waals surface area contributed by atoms with Gasteiger partial charge in [-0.25, -0.2) is 0 Å². The average Bonchev–Trinajstić information content (AvgIpc) is 2.16. The van der Waals surface area contributed by atoms with Gasteiger partial charge in [-0.3, -0.25) is 4.79 Å². The fourth-order valence-electron chi connectivity index (χ4n) is 1.64. The zero-order valence-corrected chi connectivity index (χ0v) is 7.99. The zero-order valence-electron chi connectivity index (χ0n) is 7.99. The van der Waals surface area contributed by atoms with Crippen LogP contribution in [0.15, 0.2) is 12.2 Å². The number of amides is 1. The average molecular weight is 196 g/mol. The lowest BCUT2D eigenvalue weighted by molar-refractivity contribution is -0.297. The number of carbonyl (C=O) groups excluding carboxylic acids is 2. The predicted molar refractivity (Wildman–Crippen MR) is 49.2 cm³/mol. The van der Waals surface area contributed by atoms with Crippen LogP contribution < -0.4 is 10.4 Å². The standard InChI is InChI=1S/C10H15NO3/c12-9(6-7-10(13)14)11-8-4-2-1-3-5-8/h6-8H,1-5H2,(H,11,12)(H,13,14)/p-1. The number of aliphatic carboxylic acids is 1. The van der Waals surface area contributed by atoms with Crippen LogP contribution in [0.5, 0.6) is 0 Å². The van der Waals surface area contributed by atoms with E-state index >= 15 is 0 Å². The van der Waals surface area contributed by atoms with Crippen LogP contribution in [0.2, 0.25) is 0 Å². The summed E-state index contributed by atoms with van der Waals surface area (Å²) in [4.78, 5) is 21.1. The van der Waals surface area contributed by atoms with E-state index in [1.807, 2.05) is 0 Å². The SMILES string of the molecule is O=C([O-])C=CC(=O)NC1CCCCC1. The normalized spacial score (nSPS) is 18.3. The summed E-state index contributed by atoms with van der Waals surface area (Å²) in [6.45, 7) is 0. The minimum Gasteiger partial charge on any atom is -0.545 e. The highest BCUT2D eigenvalue weighted by Crippen LogP contribution is 2.17. The van der Waals surface area contributed by atoms with E-state index in [9.17, 15) is 14.7 Å². The van der Waals surface area contributed by atoms with Crippen LogP contribution >= 0.6 is 0 Å². The third-order valence-electron chi connectivity index (χ3n) is 2.32. The van der Waals surface area contributed by atoms with Crippen molar-refractivity contribution < 1.29 is 14.7 Å². The number of hydrogen-bond donors (Lipinski definition) is 1. The molecule has 0 aromatic rings. The van der Waals surface area contributed by atoms with Gasteiger partial charge in [0.25, 0.3) is 0 Å². The van der Waals surface area contributed by atoms with Gasteiger partial charge in [0.05, 0.1) is 5.97 Å². The van der Waals surface area contributed by atoms with Crippen LogP contribution in [0.1, 0.15) is 32.1 Å². The largest absolute Gasteiger partial charge is 0.545 e. The van der Waals surface area contributed by atoms with E-state index in [1.165, 1.54) is 6.42 Å². The molecule has 1 aliphatic carbocycles. The molecule has 0 saturated heterocycles. The van der Waals surface area contributed by atoms with E-state index in [-0.39, 0.29) is 11.9 Å². The predicted octanol–water partition coefficient (Wildman–Crippen LogP) is -0.259. The molecule has 1 rings (SSSR count). The lowest BCUT2D eigenvalue weighted by atomic mass is 9.95. The molecule has 14 heavy (non-hydrogen) atoms. The second-order valence-electron chi connectivity index (χ2n) is 3.50. The molecule has 0 radical (unpaired) electrons. The van der Waals surface area contributed by atoms with Gasteiger partial charge in [0.1, 0.15) is 0 Å². The van der Waals surface area contributed by atoms with Crippen molar-refractivity contribution in [3.8, 4) is 0 Å². The topological polar surface area (TPSA) is 69.2 Å². The Morgan fingerprint density at radius 3 is 2.36 bits per heavy atom. The van der Waals surface area contributed by atoms with Crippen LogP contribution in [-0.2, 0) is 9.59 Å². The van der Waals surface area contributed by atoms with Crippen LogP contribution in [0.3, 0.4) is 0 Å². The van der Waals surface area contributed by atoms with Gasteiger partial charge < -0.3 is 15.2 Å². The third kappa shape index (κ3) is 4.07. The molecule has 0 heterocycles. The van der Waals surface area contributed by atoms with E-state index in [2.05, 4.69) is 5.32 Å².